The minimum absolute atomic E-state index is 0.188. The monoisotopic (exact) mass is 341 g/mol. The van der Waals surface area contributed by atoms with Gasteiger partial charge in [-0.05, 0) is 31.5 Å². The van der Waals surface area contributed by atoms with Crippen molar-refractivity contribution in [3.63, 3.8) is 0 Å². The molecule has 1 N–H and O–H groups in total. The van der Waals surface area contributed by atoms with Crippen LogP contribution in [-0.2, 0) is 4.74 Å². The van der Waals surface area contributed by atoms with Gasteiger partial charge in [-0.1, -0.05) is 12.1 Å². The van der Waals surface area contributed by atoms with Gasteiger partial charge in [-0.25, -0.2) is 9.78 Å². The number of hydrogen-bond donors (Lipinski definition) is 1. The molecular weight excluding hydrogens is 326 g/mol. The first kappa shape index (κ1) is 16.1. The molecule has 24 heavy (non-hydrogen) atoms. The fraction of sp³-hybridized carbons (Fsp3) is 0.176. The summed E-state index contributed by atoms with van der Waals surface area (Å²) in [4.78, 5) is 33.9. The second kappa shape index (κ2) is 6.37. The normalized spacial score (nSPS) is 10.6. The van der Waals surface area contributed by atoms with Gasteiger partial charge in [-0.2, -0.15) is 0 Å². The van der Waals surface area contributed by atoms with E-state index in [4.69, 9.17) is 4.74 Å². The lowest BCUT2D eigenvalue weighted by Crippen LogP contribution is -2.16. The Labute approximate surface area is 142 Å². The number of aryl methyl sites for hydroxylation is 1. The van der Waals surface area contributed by atoms with E-state index in [0.29, 0.717) is 21.6 Å². The predicted octanol–water partition coefficient (Wildman–Crippen LogP) is 3.35. The van der Waals surface area contributed by atoms with Crippen LogP contribution < -0.4 is 5.32 Å². The van der Waals surface area contributed by atoms with Crippen molar-refractivity contribution in [3.8, 4) is 0 Å². The van der Waals surface area contributed by atoms with E-state index in [1.54, 1.807) is 6.07 Å². The predicted molar refractivity (Wildman–Crippen MR) is 92.6 cm³/mol. The third-order valence-electron chi connectivity index (χ3n) is 3.68. The molecule has 0 saturated heterocycles. The molecule has 0 bridgehead atoms. The summed E-state index contributed by atoms with van der Waals surface area (Å²) in [6, 6.07) is 7.31. The Morgan fingerprint density at radius 1 is 1.17 bits per heavy atom. The van der Waals surface area contributed by atoms with E-state index in [9.17, 15) is 9.59 Å². The van der Waals surface area contributed by atoms with E-state index in [-0.39, 0.29) is 5.69 Å². The number of carbonyl (C=O) groups is 2. The first-order chi connectivity index (χ1) is 11.5. The highest BCUT2D eigenvalue weighted by Crippen LogP contribution is 2.33. The Morgan fingerprint density at radius 3 is 2.58 bits per heavy atom. The number of carbonyl (C=O) groups excluding carboxylic acids is 2. The number of hydrogen-bond acceptors (Lipinski definition) is 6. The fourth-order valence-electron chi connectivity index (χ4n) is 2.30. The fourth-order valence-corrected chi connectivity index (χ4v) is 3.34. The van der Waals surface area contributed by atoms with E-state index < -0.39 is 11.9 Å². The third kappa shape index (κ3) is 2.85. The maximum atomic E-state index is 12.5. The van der Waals surface area contributed by atoms with Crippen LogP contribution in [0.3, 0.4) is 0 Å². The highest BCUT2D eigenvalue weighted by molar-refractivity contribution is 7.16. The lowest BCUT2D eigenvalue weighted by molar-refractivity contribution is 0.0601. The molecule has 3 aromatic rings. The van der Waals surface area contributed by atoms with E-state index in [0.717, 1.165) is 10.4 Å². The van der Waals surface area contributed by atoms with Gasteiger partial charge in [-0.3, -0.25) is 9.78 Å². The van der Waals surface area contributed by atoms with Gasteiger partial charge in [0.05, 0.1) is 29.9 Å². The average molecular weight is 341 g/mol. The second-order valence-corrected chi connectivity index (χ2v) is 6.40. The molecule has 2 heterocycles. The summed E-state index contributed by atoms with van der Waals surface area (Å²) in [5.74, 6) is -0.892. The SMILES string of the molecule is COC(=O)c1c(NC(=O)c2cnc3ccccc3n2)sc(C)c1C. The van der Waals surface area contributed by atoms with Crippen LogP contribution in [0, 0.1) is 13.8 Å². The summed E-state index contributed by atoms with van der Waals surface area (Å²) in [7, 11) is 1.31. The molecule has 0 aliphatic heterocycles. The molecule has 2 aromatic heterocycles. The smallest absolute Gasteiger partial charge is 0.341 e. The van der Waals surface area contributed by atoms with Gasteiger partial charge in [0.25, 0.3) is 5.91 Å². The molecule has 0 aliphatic carbocycles. The molecule has 1 amide bonds. The van der Waals surface area contributed by atoms with Crippen LogP contribution in [0.2, 0.25) is 0 Å². The zero-order valence-electron chi connectivity index (χ0n) is 13.4. The van der Waals surface area contributed by atoms with Crippen molar-refractivity contribution in [2.45, 2.75) is 13.8 Å². The van der Waals surface area contributed by atoms with Gasteiger partial charge in [0, 0.05) is 4.88 Å². The van der Waals surface area contributed by atoms with Gasteiger partial charge in [-0.15, -0.1) is 11.3 Å². The van der Waals surface area contributed by atoms with Crippen LogP contribution in [0.5, 0.6) is 0 Å². The van der Waals surface area contributed by atoms with Gasteiger partial charge in [0.2, 0.25) is 0 Å². The standard InChI is InChI=1S/C17H15N3O3S/c1-9-10(2)24-16(14(9)17(22)23-3)20-15(21)13-8-18-11-6-4-5-7-12(11)19-13/h4-8H,1-3H3,(H,20,21). The van der Waals surface area contributed by atoms with Gasteiger partial charge in [0.1, 0.15) is 10.7 Å². The van der Waals surface area contributed by atoms with Crippen molar-refractivity contribution >= 4 is 39.2 Å². The molecule has 3 rings (SSSR count). The van der Waals surface area contributed by atoms with Crippen molar-refractivity contribution in [2.24, 2.45) is 0 Å². The van der Waals surface area contributed by atoms with Crippen molar-refractivity contribution in [1.82, 2.24) is 9.97 Å². The number of fused-ring (bicyclic) bond motifs is 1. The van der Waals surface area contributed by atoms with Crippen LogP contribution in [0.1, 0.15) is 31.3 Å². The molecule has 0 fully saturated rings. The first-order valence-corrected chi connectivity index (χ1v) is 8.04. The molecule has 0 atom stereocenters. The van der Waals surface area contributed by atoms with Crippen LogP contribution >= 0.6 is 11.3 Å². The first-order valence-electron chi connectivity index (χ1n) is 7.22. The Morgan fingerprint density at radius 2 is 1.88 bits per heavy atom. The van der Waals surface area contributed by atoms with Crippen LogP contribution in [-0.4, -0.2) is 29.0 Å². The highest BCUT2D eigenvalue weighted by atomic mass is 32.1. The molecule has 7 heteroatoms. The third-order valence-corrected chi connectivity index (χ3v) is 4.81. The van der Waals surface area contributed by atoms with Crippen molar-refractivity contribution in [3.05, 3.63) is 52.2 Å². The lowest BCUT2D eigenvalue weighted by atomic mass is 10.1. The van der Waals surface area contributed by atoms with E-state index in [1.165, 1.54) is 24.6 Å². The molecule has 0 radical (unpaired) electrons. The zero-order valence-corrected chi connectivity index (χ0v) is 14.2. The number of methoxy groups -OCH3 is 1. The topological polar surface area (TPSA) is 81.2 Å². The van der Waals surface area contributed by atoms with Crippen LogP contribution in [0.25, 0.3) is 11.0 Å². The van der Waals surface area contributed by atoms with Gasteiger partial charge in [0.15, 0.2) is 0 Å². The van der Waals surface area contributed by atoms with Crippen LogP contribution in [0.15, 0.2) is 30.5 Å². The van der Waals surface area contributed by atoms with Crippen LogP contribution in [0.4, 0.5) is 5.00 Å². The maximum Gasteiger partial charge on any atom is 0.341 e. The molecule has 0 unspecified atom stereocenters. The summed E-state index contributed by atoms with van der Waals surface area (Å²) in [6.07, 6.45) is 1.42. The molecule has 0 saturated carbocycles. The Kier molecular flexibility index (Phi) is 4.26. The summed E-state index contributed by atoms with van der Waals surface area (Å²) in [5, 5.41) is 3.20. The summed E-state index contributed by atoms with van der Waals surface area (Å²) < 4.78 is 4.80. The number of rotatable bonds is 3. The van der Waals surface area contributed by atoms with Crippen molar-refractivity contribution in [1.29, 1.82) is 0 Å². The molecular formula is C17H15N3O3S. The number of para-hydroxylation sites is 2. The second-order valence-electron chi connectivity index (χ2n) is 5.18. The number of aromatic nitrogens is 2. The maximum absolute atomic E-state index is 12.5. The molecule has 0 aliphatic rings. The Bertz CT molecular complexity index is 949. The van der Waals surface area contributed by atoms with Gasteiger partial charge >= 0.3 is 5.97 Å². The van der Waals surface area contributed by atoms with E-state index in [2.05, 4.69) is 15.3 Å². The van der Waals surface area contributed by atoms with Crippen molar-refractivity contribution < 1.29 is 14.3 Å². The number of benzene rings is 1. The average Bonchev–Trinajstić information content (AvgIpc) is 2.87. The minimum Gasteiger partial charge on any atom is -0.465 e. The number of nitrogens with zero attached hydrogens (tertiary/aromatic N) is 2. The molecule has 0 spiro atoms. The molecule has 1 aromatic carbocycles. The summed E-state index contributed by atoms with van der Waals surface area (Å²) in [6.45, 7) is 3.71. The quantitative estimate of drug-likeness (QED) is 0.739. The number of amides is 1. The van der Waals surface area contributed by atoms with Crippen molar-refractivity contribution in [2.75, 3.05) is 12.4 Å². The summed E-state index contributed by atoms with van der Waals surface area (Å²) in [5.41, 5.74) is 2.71. The Hall–Kier alpha value is -2.80. The Balaban J connectivity index is 1.94. The summed E-state index contributed by atoms with van der Waals surface area (Å²) >= 11 is 1.33. The molecule has 122 valence electrons. The number of thiophene rings is 1. The lowest BCUT2D eigenvalue weighted by Gasteiger charge is -2.06. The zero-order chi connectivity index (χ0) is 17.3. The highest BCUT2D eigenvalue weighted by Gasteiger charge is 2.22. The number of ether oxygens (including phenoxy) is 1. The van der Waals surface area contributed by atoms with E-state index >= 15 is 0 Å². The number of anilines is 1. The minimum atomic E-state index is -0.475. The largest absolute Gasteiger partial charge is 0.465 e. The van der Waals surface area contributed by atoms with Gasteiger partial charge < -0.3 is 10.1 Å². The number of nitrogens with one attached hydrogen (secondary N) is 1. The van der Waals surface area contributed by atoms with E-state index in [1.807, 2.05) is 32.0 Å². The molecule has 6 nitrogen and oxygen atoms in total. The number of esters is 1.